The molecular weight excluding hydrogens is 391 g/mol. The third kappa shape index (κ3) is 3.94. The Kier molecular flexibility index (Phi) is 5.00. The maximum atomic E-state index is 12.0. The summed E-state index contributed by atoms with van der Waals surface area (Å²) in [6, 6.07) is 13.8. The van der Waals surface area contributed by atoms with Crippen molar-refractivity contribution in [3.63, 3.8) is 0 Å². The number of benzene rings is 2. The largest absolute Gasteiger partial charge is 0.540 e. The fourth-order valence-corrected chi connectivity index (χ4v) is 4.75. The molecule has 106 valence electrons. The Morgan fingerprint density at radius 3 is 2.10 bits per heavy atom. The second-order valence-electron chi connectivity index (χ2n) is 4.07. The van der Waals surface area contributed by atoms with Crippen molar-refractivity contribution in [2.24, 2.45) is 0 Å². The van der Waals surface area contributed by atoms with Gasteiger partial charge in [0.05, 0.1) is 12.0 Å². The predicted octanol–water partition coefficient (Wildman–Crippen LogP) is -0.417. The van der Waals surface area contributed by atoms with Crippen LogP contribution in [-0.4, -0.2) is 15.5 Å². The zero-order valence-corrected chi connectivity index (χ0v) is 14.0. The van der Waals surface area contributed by atoms with Crippen LogP contribution in [-0.2, 0) is 12.6 Å². The van der Waals surface area contributed by atoms with E-state index in [1.165, 1.54) is 0 Å². The average molecular weight is 405 g/mol. The minimum Gasteiger partial charge on any atom is -0.497 e. The van der Waals surface area contributed by atoms with E-state index < -0.39 is 31.7 Å². The molecule has 0 aromatic heterocycles. The topological polar surface area (TPSA) is 52.6 Å². The molecule has 2 rings (SSSR count). The van der Waals surface area contributed by atoms with Gasteiger partial charge in [-0.15, -0.1) is 0 Å². The van der Waals surface area contributed by atoms with E-state index in [-0.39, 0.29) is 4.90 Å². The molecule has 0 fully saturated rings. The minimum atomic E-state index is -3.67. The molecule has 6 heteroatoms. The van der Waals surface area contributed by atoms with Crippen molar-refractivity contribution in [3.8, 4) is 5.75 Å². The summed E-state index contributed by atoms with van der Waals surface area (Å²) < 4.78 is 35.1. The van der Waals surface area contributed by atoms with Gasteiger partial charge in [0, 0.05) is 0 Å². The van der Waals surface area contributed by atoms with Gasteiger partial charge in [0.1, 0.15) is 5.75 Å². The Morgan fingerprint density at radius 1 is 0.950 bits per heavy atom. The van der Waals surface area contributed by atoms with Crippen molar-refractivity contribution in [2.45, 2.75) is 11.8 Å². The Hall–Kier alpha value is -1.12. The van der Waals surface area contributed by atoms with Crippen molar-refractivity contribution >= 4 is 10.1 Å². The lowest BCUT2D eigenvalue weighted by atomic mass is 10.2. The molecule has 0 unspecified atom stereocenters. The molecule has 2 aromatic rings. The fourth-order valence-electron chi connectivity index (χ4n) is 1.44. The Bertz CT molecular complexity index is 663. The van der Waals surface area contributed by atoms with Crippen LogP contribution in [0, 0.1) is 10.5 Å². The van der Waals surface area contributed by atoms with Crippen LogP contribution in [0.1, 0.15) is 5.56 Å². The van der Waals surface area contributed by atoms with Gasteiger partial charge >= 0.3 is 31.7 Å². The Labute approximate surface area is 129 Å². The second-order valence-corrected chi connectivity index (χ2v) is 8.34. The highest BCUT2D eigenvalue weighted by molar-refractivity contribution is 7.86. The minimum absolute atomic E-state index is 0.191. The van der Waals surface area contributed by atoms with Crippen LogP contribution in [0.4, 0.5) is 0 Å². The van der Waals surface area contributed by atoms with Crippen LogP contribution in [0.3, 0.4) is 0 Å². The van der Waals surface area contributed by atoms with Crippen LogP contribution in [0.25, 0.3) is 0 Å². The molecule has 0 heterocycles. The Balaban J connectivity index is 2.06. The monoisotopic (exact) mass is 405 g/mol. The molecule has 0 bridgehead atoms. The van der Waals surface area contributed by atoms with Gasteiger partial charge in [-0.1, -0.05) is 17.7 Å². The van der Waals surface area contributed by atoms with Crippen molar-refractivity contribution in [1.82, 2.24) is 0 Å². The highest BCUT2D eigenvalue weighted by atomic mass is 127. The van der Waals surface area contributed by atoms with E-state index in [1.54, 1.807) is 43.5 Å². The standard InChI is InChI=1S/C14H14IO4S/c1-11-3-9-14(10-4-11)20(16,17)19-15-12-5-7-13(18-2)8-6-12/h3-10H,1-2H3/q+1. The van der Waals surface area contributed by atoms with E-state index in [9.17, 15) is 8.42 Å². The van der Waals surface area contributed by atoms with E-state index >= 15 is 0 Å². The normalized spacial score (nSPS) is 11.3. The zero-order valence-electron chi connectivity index (χ0n) is 11.0. The lowest BCUT2D eigenvalue weighted by Gasteiger charge is -1.98. The third-order valence-corrected chi connectivity index (χ3v) is 6.83. The number of rotatable bonds is 5. The van der Waals surface area contributed by atoms with E-state index in [0.29, 0.717) is 0 Å². The van der Waals surface area contributed by atoms with Gasteiger partial charge in [-0.3, -0.25) is 0 Å². The summed E-state index contributed by atoms with van der Waals surface area (Å²) in [4.78, 5) is 0.191. The zero-order chi connectivity index (χ0) is 14.6. The molecule has 0 saturated carbocycles. The molecule has 0 N–H and O–H groups in total. The lowest BCUT2D eigenvalue weighted by Crippen LogP contribution is -3.61. The van der Waals surface area contributed by atoms with E-state index in [2.05, 4.69) is 0 Å². The van der Waals surface area contributed by atoms with Gasteiger partial charge in [-0.2, -0.15) is 8.42 Å². The molecule has 0 radical (unpaired) electrons. The molecule has 0 aliphatic heterocycles. The molecule has 0 aliphatic carbocycles. The fraction of sp³-hybridized carbons (Fsp3) is 0.143. The maximum Gasteiger partial charge on any atom is 0.540 e. The first-order chi connectivity index (χ1) is 9.51. The number of ether oxygens (including phenoxy) is 1. The van der Waals surface area contributed by atoms with Crippen LogP contribution in [0.5, 0.6) is 5.75 Å². The van der Waals surface area contributed by atoms with Crippen LogP contribution >= 0.6 is 0 Å². The smallest absolute Gasteiger partial charge is 0.497 e. The SMILES string of the molecule is COc1ccc([I+]OS(=O)(=O)c2ccc(C)cc2)cc1. The van der Waals surface area contributed by atoms with Crippen LogP contribution in [0.15, 0.2) is 53.4 Å². The Morgan fingerprint density at radius 2 is 1.55 bits per heavy atom. The summed E-state index contributed by atoms with van der Waals surface area (Å²) in [5, 5.41) is 0. The summed E-state index contributed by atoms with van der Waals surface area (Å²) in [5.74, 6) is 0.735. The first kappa shape index (κ1) is 15.3. The van der Waals surface area contributed by atoms with Crippen molar-refractivity contribution in [1.29, 1.82) is 0 Å². The number of halogens is 1. The van der Waals surface area contributed by atoms with Crippen LogP contribution < -0.4 is 26.4 Å². The van der Waals surface area contributed by atoms with Gasteiger partial charge < -0.3 is 4.74 Å². The van der Waals surface area contributed by atoms with Crippen molar-refractivity contribution < 1.29 is 37.3 Å². The van der Waals surface area contributed by atoms with E-state index in [4.69, 9.17) is 7.25 Å². The van der Waals surface area contributed by atoms with Gasteiger partial charge in [-0.05, 0) is 45.8 Å². The average Bonchev–Trinajstić information content (AvgIpc) is 2.46. The van der Waals surface area contributed by atoms with Gasteiger partial charge in [-0.25, -0.2) is 0 Å². The van der Waals surface area contributed by atoms with Gasteiger partial charge in [0.25, 0.3) is 0 Å². The van der Waals surface area contributed by atoms with Gasteiger partial charge in [0.2, 0.25) is 3.57 Å². The number of aryl methyl sites for hydroxylation is 1. The maximum absolute atomic E-state index is 12.0. The number of hydrogen-bond acceptors (Lipinski definition) is 4. The third-order valence-electron chi connectivity index (χ3n) is 2.56. The highest BCUT2D eigenvalue weighted by Crippen LogP contribution is 2.10. The van der Waals surface area contributed by atoms with E-state index in [0.717, 1.165) is 14.9 Å². The molecule has 0 saturated heterocycles. The second kappa shape index (κ2) is 6.55. The first-order valence-corrected chi connectivity index (χ1v) is 9.17. The summed E-state index contributed by atoms with van der Waals surface area (Å²) >= 11 is -1.06. The quantitative estimate of drug-likeness (QED) is 0.635. The summed E-state index contributed by atoms with van der Waals surface area (Å²) in [6.45, 7) is 1.90. The lowest BCUT2D eigenvalue weighted by molar-refractivity contribution is -0.837. The molecule has 0 aliphatic rings. The van der Waals surface area contributed by atoms with Gasteiger partial charge in [0.15, 0.2) is 0 Å². The van der Waals surface area contributed by atoms with Crippen molar-refractivity contribution in [3.05, 3.63) is 57.7 Å². The summed E-state index contributed by atoms with van der Waals surface area (Å²) in [6.07, 6.45) is 0. The molecule has 0 spiro atoms. The molecule has 2 aromatic carbocycles. The number of hydrogen-bond donors (Lipinski definition) is 0. The molecule has 0 atom stereocenters. The van der Waals surface area contributed by atoms with E-state index in [1.807, 2.05) is 19.1 Å². The van der Waals surface area contributed by atoms with Crippen LogP contribution in [0.2, 0.25) is 0 Å². The predicted molar refractivity (Wildman–Crippen MR) is 71.1 cm³/mol. The molecule has 0 amide bonds. The number of methoxy groups -OCH3 is 1. The molecular formula is C14H14IO4S+. The summed E-state index contributed by atoms with van der Waals surface area (Å²) in [7, 11) is -2.09. The van der Waals surface area contributed by atoms with Crippen molar-refractivity contribution in [2.75, 3.05) is 7.11 Å². The highest BCUT2D eigenvalue weighted by Gasteiger charge is 2.27. The molecule has 20 heavy (non-hydrogen) atoms. The molecule has 4 nitrogen and oxygen atoms in total. The first-order valence-electron chi connectivity index (χ1n) is 5.80. The summed E-state index contributed by atoms with van der Waals surface area (Å²) in [5.41, 5.74) is 1.01.